The molecule has 0 bridgehead atoms. The number of hydrogen-bond acceptors (Lipinski definition) is 6. The maximum atomic E-state index is 12.7. The van der Waals surface area contributed by atoms with Crippen molar-refractivity contribution >= 4 is 68.1 Å². The smallest absolute Gasteiger partial charge is 0.286 e. The first-order chi connectivity index (χ1) is 13.4. The highest BCUT2D eigenvalue weighted by Crippen LogP contribution is 2.34. The van der Waals surface area contributed by atoms with Gasteiger partial charge in [0, 0.05) is 19.8 Å². The van der Waals surface area contributed by atoms with Crippen molar-refractivity contribution < 1.29 is 9.53 Å². The molecule has 5 nitrogen and oxygen atoms in total. The largest absolute Gasteiger partial charge is 0.496 e. The summed E-state index contributed by atoms with van der Waals surface area (Å²) in [6, 6.07) is 13.5. The summed E-state index contributed by atoms with van der Waals surface area (Å²) in [4.78, 5) is 15.2. The number of thiocarbonyl (C=S) groups is 1. The third kappa shape index (κ3) is 4.63. The number of hydrazone groups is 1. The van der Waals surface area contributed by atoms with Crippen LogP contribution < -0.4 is 9.64 Å². The lowest BCUT2D eigenvalue weighted by Crippen LogP contribution is -2.22. The molecule has 1 amide bonds. The lowest BCUT2D eigenvalue weighted by Gasteiger charge is -2.12. The van der Waals surface area contributed by atoms with E-state index in [1.165, 1.54) is 16.8 Å². The van der Waals surface area contributed by atoms with Crippen LogP contribution in [0.3, 0.4) is 0 Å². The predicted molar refractivity (Wildman–Crippen MR) is 124 cm³/mol. The minimum absolute atomic E-state index is 0.233. The summed E-state index contributed by atoms with van der Waals surface area (Å²) in [5.74, 6) is 0.498. The Kier molecular flexibility index (Phi) is 6.53. The molecule has 1 aliphatic rings. The lowest BCUT2D eigenvalue weighted by atomic mass is 10.2. The van der Waals surface area contributed by atoms with Crippen LogP contribution >= 0.6 is 39.9 Å². The molecule has 1 saturated heterocycles. The average Bonchev–Trinajstić information content (AvgIpc) is 2.93. The molecule has 0 N–H and O–H groups in total. The number of ether oxygens (including phenoxy) is 1. The van der Waals surface area contributed by atoms with Gasteiger partial charge in [0.25, 0.3) is 5.91 Å². The van der Waals surface area contributed by atoms with Gasteiger partial charge in [0.15, 0.2) is 4.32 Å². The van der Waals surface area contributed by atoms with Crippen LogP contribution in [0.5, 0.6) is 5.75 Å². The van der Waals surface area contributed by atoms with E-state index in [2.05, 4.69) is 21.0 Å². The summed E-state index contributed by atoms with van der Waals surface area (Å²) in [6.07, 6.45) is 3.43. The van der Waals surface area contributed by atoms with Gasteiger partial charge in [0.2, 0.25) is 0 Å². The number of anilines is 1. The van der Waals surface area contributed by atoms with E-state index in [0.29, 0.717) is 9.23 Å². The highest BCUT2D eigenvalue weighted by atomic mass is 79.9. The summed E-state index contributed by atoms with van der Waals surface area (Å²) < 4.78 is 6.45. The molecule has 3 rings (SSSR count). The molecule has 0 radical (unpaired) electrons. The van der Waals surface area contributed by atoms with Gasteiger partial charge in [-0.05, 0) is 69.6 Å². The van der Waals surface area contributed by atoms with Gasteiger partial charge in [-0.2, -0.15) is 10.1 Å². The van der Waals surface area contributed by atoms with Crippen molar-refractivity contribution in [2.75, 3.05) is 26.1 Å². The zero-order valence-corrected chi connectivity index (χ0v) is 18.8. The van der Waals surface area contributed by atoms with Crippen molar-refractivity contribution in [3.8, 4) is 5.75 Å². The highest BCUT2D eigenvalue weighted by Gasteiger charge is 2.32. The molecule has 0 saturated carbocycles. The SMILES string of the molecule is COc1ccc(C=C2SC(=S)N(N=Cc3ccc(N(C)C)cc3)C2=O)cc1Br. The van der Waals surface area contributed by atoms with Crippen molar-refractivity contribution in [3.05, 3.63) is 63.0 Å². The molecular weight excluding hydrogens is 458 g/mol. The third-order valence-electron chi connectivity index (χ3n) is 3.98. The Morgan fingerprint density at radius 3 is 2.46 bits per heavy atom. The number of carbonyl (C=O) groups excluding carboxylic acids is 1. The molecular formula is C20H18BrN3O2S2. The summed E-state index contributed by atoms with van der Waals surface area (Å²) in [5, 5.41) is 5.53. The van der Waals surface area contributed by atoms with Crippen molar-refractivity contribution in [1.82, 2.24) is 5.01 Å². The number of amides is 1. The van der Waals surface area contributed by atoms with E-state index in [9.17, 15) is 4.79 Å². The Morgan fingerprint density at radius 2 is 1.86 bits per heavy atom. The maximum Gasteiger partial charge on any atom is 0.286 e. The Balaban J connectivity index is 1.76. The van der Waals surface area contributed by atoms with E-state index < -0.39 is 0 Å². The molecule has 8 heteroatoms. The van der Waals surface area contributed by atoms with Gasteiger partial charge < -0.3 is 9.64 Å². The van der Waals surface area contributed by atoms with Crippen molar-refractivity contribution in [2.45, 2.75) is 0 Å². The second-order valence-electron chi connectivity index (χ2n) is 6.12. The molecule has 0 unspecified atom stereocenters. The number of hydrogen-bond donors (Lipinski definition) is 0. The molecule has 2 aromatic rings. The van der Waals surface area contributed by atoms with Gasteiger partial charge in [-0.1, -0.05) is 30.0 Å². The molecule has 0 atom stereocenters. The van der Waals surface area contributed by atoms with Crippen LogP contribution in [0.25, 0.3) is 6.08 Å². The normalized spacial score (nSPS) is 15.7. The van der Waals surface area contributed by atoms with Crippen molar-refractivity contribution in [1.29, 1.82) is 0 Å². The molecule has 1 fully saturated rings. The number of halogens is 1. The highest BCUT2D eigenvalue weighted by molar-refractivity contribution is 9.10. The fraction of sp³-hybridized carbons (Fsp3) is 0.150. The summed E-state index contributed by atoms with van der Waals surface area (Å²) in [7, 11) is 5.57. The Bertz CT molecular complexity index is 972. The monoisotopic (exact) mass is 475 g/mol. The first-order valence-electron chi connectivity index (χ1n) is 8.32. The Hall–Kier alpha value is -2.16. The molecule has 28 heavy (non-hydrogen) atoms. The Labute approximate surface area is 182 Å². The van der Waals surface area contributed by atoms with Gasteiger partial charge in [-0.25, -0.2) is 0 Å². The number of carbonyl (C=O) groups is 1. The van der Waals surface area contributed by atoms with E-state index in [4.69, 9.17) is 17.0 Å². The summed E-state index contributed by atoms with van der Waals surface area (Å²) in [6.45, 7) is 0. The minimum atomic E-state index is -0.233. The second-order valence-corrected chi connectivity index (χ2v) is 8.65. The average molecular weight is 476 g/mol. The topological polar surface area (TPSA) is 45.1 Å². The number of methoxy groups -OCH3 is 1. The van der Waals surface area contributed by atoms with Gasteiger partial charge in [-0.15, -0.1) is 0 Å². The quantitative estimate of drug-likeness (QED) is 0.354. The number of rotatable bonds is 5. The standard InChI is InChI=1S/C20H18BrN3O2S2/c1-23(2)15-7-4-13(5-8-15)12-22-24-19(25)18(28-20(24)27)11-14-6-9-17(26-3)16(21)10-14/h4-12H,1-3H3. The van der Waals surface area contributed by atoms with Crippen molar-refractivity contribution in [3.63, 3.8) is 0 Å². The van der Waals surface area contributed by atoms with E-state index in [-0.39, 0.29) is 5.91 Å². The number of benzene rings is 2. The summed E-state index contributed by atoms with van der Waals surface area (Å²) >= 11 is 10.0. The van der Waals surface area contributed by atoms with E-state index >= 15 is 0 Å². The zero-order valence-electron chi connectivity index (χ0n) is 15.5. The second kappa shape index (κ2) is 8.89. The zero-order chi connectivity index (χ0) is 20.3. The fourth-order valence-corrected chi connectivity index (χ4v) is 4.20. The van der Waals surface area contributed by atoms with Crippen molar-refractivity contribution in [2.24, 2.45) is 5.10 Å². The fourth-order valence-electron chi connectivity index (χ4n) is 2.47. The van der Waals surface area contributed by atoms with Crippen LogP contribution in [-0.4, -0.2) is 42.7 Å². The number of thioether (sulfide) groups is 1. The summed E-state index contributed by atoms with van der Waals surface area (Å²) in [5.41, 5.74) is 2.86. The molecule has 2 aromatic carbocycles. The predicted octanol–water partition coefficient (Wildman–Crippen LogP) is 4.76. The molecule has 1 heterocycles. The van der Waals surface area contributed by atoms with Crippen LogP contribution in [-0.2, 0) is 4.79 Å². The van der Waals surface area contributed by atoms with E-state index in [1.807, 2.05) is 61.5 Å². The molecule has 0 aromatic heterocycles. The van der Waals surface area contributed by atoms with Gasteiger partial charge in [0.1, 0.15) is 5.75 Å². The molecule has 144 valence electrons. The van der Waals surface area contributed by atoms with Gasteiger partial charge in [0.05, 0.1) is 22.7 Å². The van der Waals surface area contributed by atoms with Crippen LogP contribution in [0.2, 0.25) is 0 Å². The molecule has 0 spiro atoms. The van der Waals surface area contributed by atoms with Crippen LogP contribution in [0.15, 0.2) is 56.9 Å². The van der Waals surface area contributed by atoms with E-state index in [0.717, 1.165) is 27.0 Å². The number of nitrogens with zero attached hydrogens (tertiary/aromatic N) is 3. The maximum absolute atomic E-state index is 12.7. The molecule has 1 aliphatic heterocycles. The molecule has 0 aliphatic carbocycles. The third-order valence-corrected chi connectivity index (χ3v) is 5.88. The first kappa shape index (κ1) is 20.6. The van der Waals surface area contributed by atoms with Crippen LogP contribution in [0.1, 0.15) is 11.1 Å². The lowest BCUT2D eigenvalue weighted by molar-refractivity contribution is -0.122. The van der Waals surface area contributed by atoms with Crippen LogP contribution in [0, 0.1) is 0 Å². The van der Waals surface area contributed by atoms with E-state index in [1.54, 1.807) is 19.4 Å². The van der Waals surface area contributed by atoms with Crippen LogP contribution in [0.4, 0.5) is 5.69 Å². The first-order valence-corrected chi connectivity index (χ1v) is 10.3. The Morgan fingerprint density at radius 1 is 1.18 bits per heavy atom. The van der Waals surface area contributed by atoms with Gasteiger partial charge >= 0.3 is 0 Å². The van der Waals surface area contributed by atoms with Gasteiger partial charge in [-0.3, -0.25) is 4.79 Å². The minimum Gasteiger partial charge on any atom is -0.496 e.